The second-order valence-electron chi connectivity index (χ2n) is 7.22. The average molecular weight is 280 g/mol. The molecular weight excluding hydrogens is 248 g/mol. The lowest BCUT2D eigenvalue weighted by Gasteiger charge is -2.30. The zero-order valence-electron chi connectivity index (χ0n) is 13.2. The predicted octanol–water partition coefficient (Wildman–Crippen LogP) is 3.49. The van der Waals surface area contributed by atoms with Gasteiger partial charge in [-0.15, -0.1) is 0 Å². The first kappa shape index (κ1) is 14.8. The molecule has 116 valence electrons. The Morgan fingerprint density at radius 1 is 0.950 bits per heavy atom. The minimum absolute atomic E-state index is 0.411. The van der Waals surface area contributed by atoms with Crippen molar-refractivity contribution in [2.45, 2.75) is 88.8 Å². The minimum atomic E-state index is 0.411. The fourth-order valence-corrected chi connectivity index (χ4v) is 4.51. The standard InChI is InChI=1S/C17H32N2O/c1-19-17(14-8-4-2-5-9-14)12-16(20-19)13-18-15-10-6-3-7-11-15/h14-18H,2-13H2,1H3. The summed E-state index contributed by atoms with van der Waals surface area (Å²) in [5, 5.41) is 5.94. The van der Waals surface area contributed by atoms with E-state index in [4.69, 9.17) is 4.84 Å². The molecule has 0 amide bonds. The summed E-state index contributed by atoms with van der Waals surface area (Å²) in [7, 11) is 2.15. The molecule has 0 bridgehead atoms. The van der Waals surface area contributed by atoms with E-state index in [1.54, 1.807) is 0 Å². The molecule has 0 aromatic rings. The lowest BCUT2D eigenvalue weighted by Crippen LogP contribution is -2.37. The average Bonchev–Trinajstić information content (AvgIpc) is 2.88. The molecule has 2 saturated carbocycles. The number of nitrogens with one attached hydrogen (secondary N) is 1. The second-order valence-corrected chi connectivity index (χ2v) is 7.22. The molecule has 1 saturated heterocycles. The maximum Gasteiger partial charge on any atom is 0.0933 e. The summed E-state index contributed by atoms with van der Waals surface area (Å²) in [5.74, 6) is 0.883. The first-order valence-electron chi connectivity index (χ1n) is 8.96. The Kier molecular flexibility index (Phi) is 5.36. The van der Waals surface area contributed by atoms with Crippen LogP contribution < -0.4 is 5.32 Å². The summed E-state index contributed by atoms with van der Waals surface area (Å²) in [6, 6.07) is 1.43. The van der Waals surface area contributed by atoms with E-state index in [1.807, 2.05) is 0 Å². The zero-order valence-corrected chi connectivity index (χ0v) is 13.2. The summed E-state index contributed by atoms with van der Waals surface area (Å²) >= 11 is 0. The van der Waals surface area contributed by atoms with Gasteiger partial charge in [0.2, 0.25) is 0 Å². The molecule has 3 heteroatoms. The Bertz CT molecular complexity index is 285. The van der Waals surface area contributed by atoms with Gasteiger partial charge in [0.05, 0.1) is 6.10 Å². The van der Waals surface area contributed by atoms with E-state index in [9.17, 15) is 0 Å². The van der Waals surface area contributed by atoms with Crippen LogP contribution in [0.5, 0.6) is 0 Å². The van der Waals surface area contributed by atoms with E-state index in [2.05, 4.69) is 17.4 Å². The van der Waals surface area contributed by atoms with Crippen LogP contribution in [0.3, 0.4) is 0 Å². The van der Waals surface area contributed by atoms with E-state index in [-0.39, 0.29) is 0 Å². The summed E-state index contributed by atoms with van der Waals surface area (Å²) < 4.78 is 0. The number of rotatable bonds is 4. The van der Waals surface area contributed by atoms with Crippen molar-refractivity contribution >= 4 is 0 Å². The highest BCUT2D eigenvalue weighted by atomic mass is 16.7. The van der Waals surface area contributed by atoms with E-state index in [0.717, 1.165) is 18.5 Å². The van der Waals surface area contributed by atoms with Crippen LogP contribution >= 0.6 is 0 Å². The highest BCUT2D eigenvalue weighted by Gasteiger charge is 2.36. The van der Waals surface area contributed by atoms with Gasteiger partial charge in [-0.25, -0.2) is 0 Å². The highest BCUT2D eigenvalue weighted by molar-refractivity contribution is 4.86. The number of hydroxylamine groups is 2. The van der Waals surface area contributed by atoms with Crippen LogP contribution in [0.15, 0.2) is 0 Å². The van der Waals surface area contributed by atoms with Crippen LogP contribution in [0.2, 0.25) is 0 Å². The zero-order chi connectivity index (χ0) is 13.8. The van der Waals surface area contributed by atoms with Gasteiger partial charge in [0.15, 0.2) is 0 Å². The Balaban J connectivity index is 1.42. The van der Waals surface area contributed by atoms with Crippen LogP contribution in [0.4, 0.5) is 0 Å². The van der Waals surface area contributed by atoms with Gasteiger partial charge in [-0.05, 0) is 38.0 Å². The summed E-state index contributed by atoms with van der Waals surface area (Å²) in [5.41, 5.74) is 0. The Morgan fingerprint density at radius 3 is 2.30 bits per heavy atom. The predicted molar refractivity (Wildman–Crippen MR) is 82.5 cm³/mol. The van der Waals surface area contributed by atoms with Gasteiger partial charge in [0.1, 0.15) is 0 Å². The van der Waals surface area contributed by atoms with Gasteiger partial charge < -0.3 is 5.32 Å². The Hall–Kier alpha value is -0.120. The van der Waals surface area contributed by atoms with E-state index < -0.39 is 0 Å². The molecule has 20 heavy (non-hydrogen) atoms. The van der Waals surface area contributed by atoms with Crippen molar-refractivity contribution in [3.63, 3.8) is 0 Å². The first-order chi connectivity index (χ1) is 9.83. The third-order valence-corrected chi connectivity index (χ3v) is 5.72. The van der Waals surface area contributed by atoms with Crippen molar-refractivity contribution in [2.75, 3.05) is 13.6 Å². The minimum Gasteiger partial charge on any atom is -0.311 e. The van der Waals surface area contributed by atoms with Gasteiger partial charge in [-0.1, -0.05) is 38.5 Å². The van der Waals surface area contributed by atoms with Crippen molar-refractivity contribution in [3.05, 3.63) is 0 Å². The smallest absolute Gasteiger partial charge is 0.0933 e. The van der Waals surface area contributed by atoms with E-state index >= 15 is 0 Å². The SMILES string of the molecule is CN1OC(CNC2CCCCC2)CC1C1CCCCC1. The largest absolute Gasteiger partial charge is 0.311 e. The van der Waals surface area contributed by atoms with E-state index in [1.165, 1.54) is 70.6 Å². The Morgan fingerprint density at radius 2 is 1.60 bits per heavy atom. The van der Waals surface area contributed by atoms with Crippen molar-refractivity contribution in [2.24, 2.45) is 5.92 Å². The number of hydrogen-bond acceptors (Lipinski definition) is 3. The fourth-order valence-electron chi connectivity index (χ4n) is 4.51. The molecule has 0 aromatic carbocycles. The molecule has 0 radical (unpaired) electrons. The molecule has 3 rings (SSSR count). The van der Waals surface area contributed by atoms with Crippen molar-refractivity contribution in [3.8, 4) is 0 Å². The van der Waals surface area contributed by atoms with Crippen molar-refractivity contribution < 1.29 is 4.84 Å². The molecule has 3 nitrogen and oxygen atoms in total. The normalized spacial score (nSPS) is 34.6. The fraction of sp³-hybridized carbons (Fsp3) is 1.00. The van der Waals surface area contributed by atoms with Gasteiger partial charge >= 0.3 is 0 Å². The van der Waals surface area contributed by atoms with Gasteiger partial charge in [-0.2, -0.15) is 5.06 Å². The summed E-state index contributed by atoms with van der Waals surface area (Å²) in [4.78, 5) is 6.09. The molecule has 1 aliphatic heterocycles. The quantitative estimate of drug-likeness (QED) is 0.853. The van der Waals surface area contributed by atoms with E-state index in [0.29, 0.717) is 12.1 Å². The number of hydrogen-bond donors (Lipinski definition) is 1. The van der Waals surface area contributed by atoms with Gasteiger partial charge in [0, 0.05) is 25.7 Å². The molecule has 0 aromatic heterocycles. The highest BCUT2D eigenvalue weighted by Crippen LogP contribution is 2.34. The lowest BCUT2D eigenvalue weighted by atomic mass is 9.82. The topological polar surface area (TPSA) is 24.5 Å². The van der Waals surface area contributed by atoms with Gasteiger partial charge in [0.25, 0.3) is 0 Å². The maximum atomic E-state index is 6.09. The molecule has 2 atom stereocenters. The third kappa shape index (κ3) is 3.75. The maximum absolute atomic E-state index is 6.09. The number of nitrogens with zero attached hydrogens (tertiary/aromatic N) is 1. The van der Waals surface area contributed by atoms with Crippen molar-refractivity contribution in [1.82, 2.24) is 10.4 Å². The van der Waals surface area contributed by atoms with Crippen LogP contribution in [0, 0.1) is 5.92 Å². The molecule has 3 aliphatic rings. The van der Waals surface area contributed by atoms with Crippen molar-refractivity contribution in [1.29, 1.82) is 0 Å². The third-order valence-electron chi connectivity index (χ3n) is 5.72. The van der Waals surface area contributed by atoms with Crippen LogP contribution in [-0.4, -0.2) is 36.8 Å². The molecular formula is C17H32N2O. The molecule has 1 N–H and O–H groups in total. The molecule has 2 unspecified atom stereocenters. The van der Waals surface area contributed by atoms with Crippen LogP contribution in [0.25, 0.3) is 0 Å². The van der Waals surface area contributed by atoms with Crippen LogP contribution in [-0.2, 0) is 4.84 Å². The molecule has 0 spiro atoms. The monoisotopic (exact) mass is 280 g/mol. The molecule has 3 fully saturated rings. The van der Waals surface area contributed by atoms with Crippen LogP contribution in [0.1, 0.15) is 70.6 Å². The summed E-state index contributed by atoms with van der Waals surface area (Å²) in [6.07, 6.45) is 15.8. The van der Waals surface area contributed by atoms with Gasteiger partial charge in [-0.3, -0.25) is 4.84 Å². The second kappa shape index (κ2) is 7.24. The molecule has 1 heterocycles. The summed E-state index contributed by atoms with van der Waals surface area (Å²) in [6.45, 7) is 1.05. The Labute approximate surface area is 124 Å². The molecule has 2 aliphatic carbocycles. The first-order valence-corrected chi connectivity index (χ1v) is 8.96. The lowest BCUT2D eigenvalue weighted by molar-refractivity contribution is -0.151.